The lowest BCUT2D eigenvalue weighted by Crippen LogP contribution is -2.12. The number of hydrogen-bond donors (Lipinski definition) is 0. The summed E-state index contributed by atoms with van der Waals surface area (Å²) in [7, 11) is 0. The molecule has 0 N–H and O–H groups in total. The molecule has 2 rings (SSSR count). The highest BCUT2D eigenvalue weighted by Gasteiger charge is 2.20. The van der Waals surface area contributed by atoms with Crippen LogP contribution in [0, 0.1) is 11.8 Å². The van der Waals surface area contributed by atoms with Gasteiger partial charge in [0.25, 0.3) is 0 Å². The number of rotatable bonds is 6. The molecule has 0 radical (unpaired) electrons. The van der Waals surface area contributed by atoms with E-state index in [1.165, 1.54) is 64.2 Å². The Kier molecular flexibility index (Phi) is 5.53. The van der Waals surface area contributed by atoms with Crippen molar-refractivity contribution in [2.24, 2.45) is 11.8 Å². The first-order chi connectivity index (χ1) is 8.78. The lowest BCUT2D eigenvalue weighted by Gasteiger charge is -2.26. The molecule has 0 aromatic rings. The zero-order valence-corrected chi connectivity index (χ0v) is 12.4. The molecule has 1 fully saturated rings. The maximum atomic E-state index is 2.43. The largest absolute Gasteiger partial charge is 0.0662 e. The number of allylic oxidation sites excluding steroid dienone is 4. The second-order valence-corrected chi connectivity index (χ2v) is 6.61. The van der Waals surface area contributed by atoms with Crippen LogP contribution in [-0.2, 0) is 0 Å². The van der Waals surface area contributed by atoms with E-state index in [0.717, 1.165) is 11.8 Å². The monoisotopic (exact) mass is 248 g/mol. The van der Waals surface area contributed by atoms with Crippen LogP contribution in [0.4, 0.5) is 0 Å². The first-order valence-corrected chi connectivity index (χ1v) is 8.15. The average molecular weight is 248 g/mol. The van der Waals surface area contributed by atoms with Crippen LogP contribution in [0.25, 0.3) is 0 Å². The summed E-state index contributed by atoms with van der Waals surface area (Å²) >= 11 is 0. The summed E-state index contributed by atoms with van der Waals surface area (Å²) < 4.78 is 0. The fourth-order valence-corrected chi connectivity index (χ4v) is 3.46. The smallest absolute Gasteiger partial charge is 0 e. The summed E-state index contributed by atoms with van der Waals surface area (Å²) in [5.41, 5.74) is 3.42. The molecule has 0 heteroatoms. The SMILES string of the molecule is CCCCCC1=CC=C(CC2CCC(C)CC2)C1.[HH]. The van der Waals surface area contributed by atoms with Gasteiger partial charge in [0.05, 0.1) is 0 Å². The summed E-state index contributed by atoms with van der Waals surface area (Å²) in [4.78, 5) is 0. The minimum atomic E-state index is 0. The number of hydrogen-bond acceptors (Lipinski definition) is 0. The highest BCUT2D eigenvalue weighted by atomic mass is 14.3. The first-order valence-electron chi connectivity index (χ1n) is 8.15. The van der Waals surface area contributed by atoms with Crippen LogP contribution in [0.5, 0.6) is 0 Å². The molecule has 0 aromatic carbocycles. The predicted molar refractivity (Wildman–Crippen MR) is 82.8 cm³/mol. The highest BCUT2D eigenvalue weighted by Crippen LogP contribution is 2.35. The molecule has 0 unspecified atom stereocenters. The van der Waals surface area contributed by atoms with Gasteiger partial charge in [0.2, 0.25) is 0 Å². The molecule has 104 valence electrons. The Hall–Kier alpha value is -0.520. The van der Waals surface area contributed by atoms with Gasteiger partial charge in [0, 0.05) is 1.43 Å². The Labute approximate surface area is 115 Å². The van der Waals surface area contributed by atoms with Crippen LogP contribution < -0.4 is 0 Å². The van der Waals surface area contributed by atoms with Crippen molar-refractivity contribution in [3.05, 3.63) is 23.3 Å². The van der Waals surface area contributed by atoms with Gasteiger partial charge in [-0.25, -0.2) is 0 Å². The quantitative estimate of drug-likeness (QED) is 0.485. The molecule has 18 heavy (non-hydrogen) atoms. The first kappa shape index (κ1) is 13.9. The molecule has 0 aromatic heterocycles. The van der Waals surface area contributed by atoms with Crippen LogP contribution in [0.3, 0.4) is 0 Å². The van der Waals surface area contributed by atoms with Crippen molar-refractivity contribution in [1.29, 1.82) is 0 Å². The van der Waals surface area contributed by atoms with Gasteiger partial charge >= 0.3 is 0 Å². The molecule has 0 atom stereocenters. The van der Waals surface area contributed by atoms with Crippen LogP contribution >= 0.6 is 0 Å². The molecular formula is C18H32. The van der Waals surface area contributed by atoms with Crippen LogP contribution in [0.1, 0.15) is 79.5 Å². The molecule has 0 bridgehead atoms. The topological polar surface area (TPSA) is 0 Å². The Bertz CT molecular complexity index is 306. The van der Waals surface area contributed by atoms with E-state index >= 15 is 0 Å². The van der Waals surface area contributed by atoms with Crippen molar-refractivity contribution in [3.8, 4) is 0 Å². The zero-order chi connectivity index (χ0) is 12.8. The van der Waals surface area contributed by atoms with Crippen molar-refractivity contribution >= 4 is 0 Å². The molecule has 0 saturated heterocycles. The minimum Gasteiger partial charge on any atom is -0.0662 e. The van der Waals surface area contributed by atoms with E-state index < -0.39 is 0 Å². The van der Waals surface area contributed by atoms with Crippen LogP contribution in [0.15, 0.2) is 23.3 Å². The minimum absolute atomic E-state index is 0. The van der Waals surface area contributed by atoms with Gasteiger partial charge in [-0.3, -0.25) is 0 Å². The van der Waals surface area contributed by atoms with E-state index in [2.05, 4.69) is 26.0 Å². The molecule has 2 aliphatic carbocycles. The van der Waals surface area contributed by atoms with Gasteiger partial charge in [-0.15, -0.1) is 0 Å². The van der Waals surface area contributed by atoms with Gasteiger partial charge in [-0.2, -0.15) is 0 Å². The van der Waals surface area contributed by atoms with E-state index in [-0.39, 0.29) is 1.43 Å². The third-order valence-corrected chi connectivity index (χ3v) is 4.80. The summed E-state index contributed by atoms with van der Waals surface area (Å²) in [5.74, 6) is 1.98. The summed E-state index contributed by atoms with van der Waals surface area (Å²) in [6.45, 7) is 4.70. The molecule has 0 amide bonds. The molecule has 1 saturated carbocycles. The van der Waals surface area contributed by atoms with Crippen molar-refractivity contribution in [1.82, 2.24) is 0 Å². The second kappa shape index (κ2) is 7.16. The van der Waals surface area contributed by atoms with Gasteiger partial charge in [0.15, 0.2) is 0 Å². The van der Waals surface area contributed by atoms with Crippen molar-refractivity contribution in [3.63, 3.8) is 0 Å². The van der Waals surface area contributed by atoms with Gasteiger partial charge < -0.3 is 0 Å². The van der Waals surface area contributed by atoms with Crippen molar-refractivity contribution in [2.75, 3.05) is 0 Å². The lowest BCUT2D eigenvalue weighted by molar-refractivity contribution is 0.288. The molecular weight excluding hydrogens is 216 g/mol. The van der Waals surface area contributed by atoms with Crippen LogP contribution in [-0.4, -0.2) is 0 Å². The second-order valence-electron chi connectivity index (χ2n) is 6.61. The van der Waals surface area contributed by atoms with E-state index in [1.807, 2.05) is 0 Å². The van der Waals surface area contributed by atoms with E-state index in [4.69, 9.17) is 0 Å². The van der Waals surface area contributed by atoms with Crippen molar-refractivity contribution < 1.29 is 1.43 Å². The number of unbranched alkanes of at least 4 members (excludes halogenated alkanes) is 2. The summed E-state index contributed by atoms with van der Waals surface area (Å²) in [6.07, 6.45) is 18.9. The predicted octanol–water partition coefficient (Wildman–Crippen LogP) is 6.29. The summed E-state index contributed by atoms with van der Waals surface area (Å²) in [5, 5.41) is 0. The Morgan fingerprint density at radius 3 is 2.50 bits per heavy atom. The molecule has 2 aliphatic rings. The molecule has 0 heterocycles. The third-order valence-electron chi connectivity index (χ3n) is 4.80. The Balaban J connectivity index is 0.00000180. The lowest BCUT2D eigenvalue weighted by atomic mass is 9.79. The Morgan fingerprint density at radius 1 is 1.06 bits per heavy atom. The zero-order valence-electron chi connectivity index (χ0n) is 12.4. The van der Waals surface area contributed by atoms with Gasteiger partial charge in [-0.05, 0) is 50.4 Å². The normalized spacial score (nSPS) is 28.1. The highest BCUT2D eigenvalue weighted by molar-refractivity contribution is 5.30. The van der Waals surface area contributed by atoms with E-state index in [1.54, 1.807) is 11.1 Å². The fraction of sp³-hybridized carbons (Fsp3) is 0.778. The van der Waals surface area contributed by atoms with Crippen molar-refractivity contribution in [2.45, 2.75) is 78.1 Å². The molecule has 0 aliphatic heterocycles. The van der Waals surface area contributed by atoms with Gasteiger partial charge in [-0.1, -0.05) is 62.8 Å². The van der Waals surface area contributed by atoms with Gasteiger partial charge in [0.1, 0.15) is 0 Å². The maximum Gasteiger partial charge on any atom is 0 e. The third kappa shape index (κ3) is 4.30. The Morgan fingerprint density at radius 2 is 1.78 bits per heavy atom. The van der Waals surface area contributed by atoms with Crippen LogP contribution in [0.2, 0.25) is 0 Å². The van der Waals surface area contributed by atoms with E-state index in [0.29, 0.717) is 0 Å². The average Bonchev–Trinajstić information content (AvgIpc) is 2.80. The molecule has 0 nitrogen and oxygen atoms in total. The summed E-state index contributed by atoms with van der Waals surface area (Å²) in [6, 6.07) is 0. The van der Waals surface area contributed by atoms with E-state index in [9.17, 15) is 0 Å². The fourth-order valence-electron chi connectivity index (χ4n) is 3.46. The standard InChI is InChI=1S/C18H30.H2/c1-3-4-5-6-16-11-12-18(13-16)14-17-9-7-15(2)8-10-17;/h11-12,15,17H,3-10,13-14H2,1-2H3;1H. The maximum absolute atomic E-state index is 2.43. The molecule has 0 spiro atoms.